The SMILES string of the molecule is CC(C)(C)C1CCN(c2nc(CCN)cs2)C1. The van der Waals surface area contributed by atoms with E-state index in [1.807, 2.05) is 0 Å². The summed E-state index contributed by atoms with van der Waals surface area (Å²) in [5.74, 6) is 0.782. The molecule has 3 nitrogen and oxygen atoms in total. The highest BCUT2D eigenvalue weighted by Gasteiger charge is 2.32. The highest BCUT2D eigenvalue weighted by molar-refractivity contribution is 7.13. The smallest absolute Gasteiger partial charge is 0.185 e. The standard InChI is InChI=1S/C13H23N3S/c1-13(2,3)10-5-7-16(8-10)12-15-11(4-6-14)9-17-12/h9-10H,4-8,14H2,1-3H3. The van der Waals surface area contributed by atoms with Crippen molar-refractivity contribution in [3.8, 4) is 0 Å². The minimum atomic E-state index is 0.409. The summed E-state index contributed by atoms with van der Waals surface area (Å²) in [5, 5.41) is 3.33. The molecule has 0 spiro atoms. The van der Waals surface area contributed by atoms with Crippen molar-refractivity contribution in [1.82, 2.24) is 4.98 Å². The fraction of sp³-hybridized carbons (Fsp3) is 0.769. The van der Waals surface area contributed by atoms with Crippen molar-refractivity contribution in [2.75, 3.05) is 24.5 Å². The average molecular weight is 253 g/mol. The Hall–Kier alpha value is -0.610. The first-order valence-corrected chi connectivity index (χ1v) is 7.28. The van der Waals surface area contributed by atoms with E-state index >= 15 is 0 Å². The van der Waals surface area contributed by atoms with E-state index in [4.69, 9.17) is 5.73 Å². The first-order valence-electron chi connectivity index (χ1n) is 6.40. The Labute approximate surface area is 108 Å². The summed E-state index contributed by atoms with van der Waals surface area (Å²) in [4.78, 5) is 7.09. The molecule has 2 heterocycles. The van der Waals surface area contributed by atoms with Gasteiger partial charge in [-0.05, 0) is 24.3 Å². The third-order valence-corrected chi connectivity index (χ3v) is 4.57. The molecule has 1 atom stereocenters. The van der Waals surface area contributed by atoms with Crippen LogP contribution < -0.4 is 10.6 Å². The molecule has 2 rings (SSSR count). The second-order valence-electron chi connectivity index (χ2n) is 5.96. The molecule has 0 amide bonds. The zero-order valence-corrected chi connectivity index (χ0v) is 11.9. The van der Waals surface area contributed by atoms with Crippen molar-refractivity contribution in [2.24, 2.45) is 17.1 Å². The molecule has 1 aromatic heterocycles. The van der Waals surface area contributed by atoms with E-state index in [9.17, 15) is 0 Å². The van der Waals surface area contributed by atoms with Gasteiger partial charge < -0.3 is 10.6 Å². The topological polar surface area (TPSA) is 42.2 Å². The summed E-state index contributed by atoms with van der Waals surface area (Å²) < 4.78 is 0. The maximum atomic E-state index is 5.55. The molecule has 0 aliphatic carbocycles. The lowest BCUT2D eigenvalue weighted by atomic mass is 9.80. The van der Waals surface area contributed by atoms with E-state index in [0.717, 1.165) is 31.1 Å². The van der Waals surface area contributed by atoms with Crippen molar-refractivity contribution < 1.29 is 0 Å². The van der Waals surface area contributed by atoms with Crippen LogP contribution in [0.15, 0.2) is 5.38 Å². The average Bonchev–Trinajstić information content (AvgIpc) is 2.82. The van der Waals surface area contributed by atoms with E-state index in [1.54, 1.807) is 11.3 Å². The summed E-state index contributed by atoms with van der Waals surface area (Å²) in [5.41, 5.74) is 7.11. The molecule has 0 radical (unpaired) electrons. The number of hydrogen-bond donors (Lipinski definition) is 1. The zero-order valence-electron chi connectivity index (χ0n) is 11.1. The quantitative estimate of drug-likeness (QED) is 0.900. The largest absolute Gasteiger partial charge is 0.348 e. The van der Waals surface area contributed by atoms with Gasteiger partial charge in [-0.2, -0.15) is 0 Å². The fourth-order valence-corrected chi connectivity index (χ4v) is 3.24. The summed E-state index contributed by atoms with van der Waals surface area (Å²) in [6.45, 7) is 10.00. The maximum absolute atomic E-state index is 5.55. The molecule has 1 aromatic rings. The highest BCUT2D eigenvalue weighted by atomic mass is 32.1. The Balaban J connectivity index is 2.00. The van der Waals surface area contributed by atoms with Crippen LogP contribution in [-0.4, -0.2) is 24.6 Å². The van der Waals surface area contributed by atoms with Crippen molar-refractivity contribution in [3.05, 3.63) is 11.1 Å². The van der Waals surface area contributed by atoms with Crippen LogP contribution in [0.1, 0.15) is 32.9 Å². The van der Waals surface area contributed by atoms with Gasteiger partial charge in [-0.1, -0.05) is 20.8 Å². The van der Waals surface area contributed by atoms with Gasteiger partial charge in [0.1, 0.15) is 0 Å². The number of hydrogen-bond acceptors (Lipinski definition) is 4. The minimum Gasteiger partial charge on any atom is -0.348 e. The number of rotatable bonds is 3. The molecule has 0 aromatic carbocycles. The summed E-state index contributed by atoms with van der Waals surface area (Å²) >= 11 is 1.76. The van der Waals surface area contributed by atoms with Crippen LogP contribution in [0, 0.1) is 11.3 Å². The maximum Gasteiger partial charge on any atom is 0.185 e. The number of thiazole rings is 1. The minimum absolute atomic E-state index is 0.409. The summed E-state index contributed by atoms with van der Waals surface area (Å²) in [6, 6.07) is 0. The van der Waals surface area contributed by atoms with Gasteiger partial charge in [0, 0.05) is 24.9 Å². The highest BCUT2D eigenvalue weighted by Crippen LogP contribution is 2.36. The van der Waals surface area contributed by atoms with Gasteiger partial charge in [0.2, 0.25) is 0 Å². The predicted molar refractivity (Wildman–Crippen MR) is 74.6 cm³/mol. The van der Waals surface area contributed by atoms with E-state index in [-0.39, 0.29) is 0 Å². The number of anilines is 1. The molecule has 96 valence electrons. The molecule has 1 aliphatic rings. The Morgan fingerprint density at radius 3 is 2.88 bits per heavy atom. The second kappa shape index (κ2) is 4.94. The van der Waals surface area contributed by atoms with Crippen LogP contribution in [0.5, 0.6) is 0 Å². The Kier molecular flexibility index (Phi) is 3.73. The van der Waals surface area contributed by atoms with Crippen molar-refractivity contribution in [3.63, 3.8) is 0 Å². The summed E-state index contributed by atoms with van der Waals surface area (Å²) in [6.07, 6.45) is 2.18. The van der Waals surface area contributed by atoms with E-state index in [0.29, 0.717) is 12.0 Å². The monoisotopic (exact) mass is 253 g/mol. The molecule has 1 aliphatic heterocycles. The van der Waals surface area contributed by atoms with Gasteiger partial charge in [-0.15, -0.1) is 11.3 Å². The van der Waals surface area contributed by atoms with Crippen molar-refractivity contribution >= 4 is 16.5 Å². The predicted octanol–water partition coefficient (Wildman–Crippen LogP) is 2.52. The van der Waals surface area contributed by atoms with Crippen LogP contribution in [0.2, 0.25) is 0 Å². The lowest BCUT2D eigenvalue weighted by Gasteiger charge is -2.26. The fourth-order valence-electron chi connectivity index (χ4n) is 2.35. The molecular formula is C13H23N3S. The van der Waals surface area contributed by atoms with Gasteiger partial charge in [0.15, 0.2) is 5.13 Å². The van der Waals surface area contributed by atoms with Crippen LogP contribution in [0.25, 0.3) is 0 Å². The number of nitrogens with zero attached hydrogens (tertiary/aromatic N) is 2. The normalized spacial score (nSPS) is 21.2. The Morgan fingerprint density at radius 1 is 1.53 bits per heavy atom. The van der Waals surface area contributed by atoms with Gasteiger partial charge in [0.05, 0.1) is 5.69 Å². The molecule has 0 saturated carbocycles. The Bertz CT molecular complexity index is 367. The molecule has 17 heavy (non-hydrogen) atoms. The van der Waals surface area contributed by atoms with Crippen LogP contribution in [0.3, 0.4) is 0 Å². The lowest BCUT2D eigenvalue weighted by Crippen LogP contribution is -2.25. The molecule has 1 saturated heterocycles. The van der Waals surface area contributed by atoms with E-state index in [2.05, 4.69) is 36.0 Å². The lowest BCUT2D eigenvalue weighted by molar-refractivity contribution is 0.263. The van der Waals surface area contributed by atoms with Gasteiger partial charge in [-0.3, -0.25) is 0 Å². The van der Waals surface area contributed by atoms with Gasteiger partial charge in [-0.25, -0.2) is 4.98 Å². The first-order chi connectivity index (χ1) is 8.00. The molecular weight excluding hydrogens is 230 g/mol. The van der Waals surface area contributed by atoms with Crippen LogP contribution >= 0.6 is 11.3 Å². The van der Waals surface area contributed by atoms with E-state index < -0.39 is 0 Å². The van der Waals surface area contributed by atoms with E-state index in [1.165, 1.54) is 11.6 Å². The second-order valence-corrected chi connectivity index (χ2v) is 6.79. The van der Waals surface area contributed by atoms with Gasteiger partial charge in [0.25, 0.3) is 0 Å². The molecule has 1 fully saturated rings. The first kappa shape index (κ1) is 12.8. The third kappa shape index (κ3) is 2.99. The molecule has 1 unspecified atom stereocenters. The molecule has 0 bridgehead atoms. The van der Waals surface area contributed by atoms with Crippen LogP contribution in [0.4, 0.5) is 5.13 Å². The number of nitrogens with two attached hydrogens (primary N) is 1. The van der Waals surface area contributed by atoms with Crippen molar-refractivity contribution in [1.29, 1.82) is 0 Å². The van der Waals surface area contributed by atoms with Crippen LogP contribution in [-0.2, 0) is 6.42 Å². The van der Waals surface area contributed by atoms with Gasteiger partial charge >= 0.3 is 0 Å². The van der Waals surface area contributed by atoms with Crippen molar-refractivity contribution in [2.45, 2.75) is 33.6 Å². The Morgan fingerprint density at radius 2 is 2.29 bits per heavy atom. The third-order valence-electron chi connectivity index (χ3n) is 3.62. The zero-order chi connectivity index (χ0) is 12.5. The summed E-state index contributed by atoms with van der Waals surface area (Å²) in [7, 11) is 0. The molecule has 2 N–H and O–H groups in total. The molecule has 4 heteroatoms. The number of aromatic nitrogens is 1.